The van der Waals surface area contributed by atoms with Crippen molar-refractivity contribution in [2.24, 2.45) is 5.73 Å². The number of halogens is 1. The third-order valence-electron chi connectivity index (χ3n) is 3.98. The van der Waals surface area contributed by atoms with Crippen molar-refractivity contribution in [3.63, 3.8) is 0 Å². The predicted molar refractivity (Wildman–Crippen MR) is 103 cm³/mol. The Morgan fingerprint density at radius 3 is 2.73 bits per heavy atom. The normalized spacial score (nSPS) is 12.1. The summed E-state index contributed by atoms with van der Waals surface area (Å²) in [4.78, 5) is 13.1. The maximum absolute atomic E-state index is 14.4. The number of nitrogens with one attached hydrogen (secondary N) is 1. The van der Waals surface area contributed by atoms with E-state index in [-0.39, 0.29) is 24.4 Å². The van der Waals surface area contributed by atoms with Crippen molar-refractivity contribution in [2.75, 3.05) is 6.54 Å². The first-order chi connectivity index (χ1) is 12.6. The number of carbonyl (C=O) groups excluding carboxylic acids is 1. The second-order valence-electron chi connectivity index (χ2n) is 6.15. The lowest BCUT2D eigenvalue weighted by Crippen LogP contribution is -2.29. The Bertz CT molecular complexity index is 893. The fourth-order valence-electron chi connectivity index (χ4n) is 2.65. The Balaban J connectivity index is 1.89. The van der Waals surface area contributed by atoms with Crippen LogP contribution in [0.4, 0.5) is 4.39 Å². The molecule has 3 N–H and O–H groups in total. The first-order valence-electron chi connectivity index (χ1n) is 8.47. The van der Waals surface area contributed by atoms with Crippen LogP contribution in [0.2, 0.25) is 0 Å². The van der Waals surface area contributed by atoms with E-state index < -0.39 is 0 Å². The lowest BCUT2D eigenvalue weighted by Gasteiger charge is -2.10. The van der Waals surface area contributed by atoms with Gasteiger partial charge in [-0.05, 0) is 37.6 Å². The fraction of sp³-hybridized carbons (Fsp3) is 0.250. The highest BCUT2D eigenvalue weighted by molar-refractivity contribution is 7.21. The number of hydrogen-bond acceptors (Lipinski definition) is 4. The summed E-state index contributed by atoms with van der Waals surface area (Å²) in [6, 6.07) is 14.1. The molecule has 1 unspecified atom stereocenters. The van der Waals surface area contributed by atoms with E-state index in [1.807, 2.05) is 43.3 Å². The third-order valence-corrected chi connectivity index (χ3v) is 5.18. The highest BCUT2D eigenvalue weighted by Gasteiger charge is 2.21. The number of rotatable bonds is 7. The van der Waals surface area contributed by atoms with Gasteiger partial charge in [-0.1, -0.05) is 24.3 Å². The number of fused-ring (bicyclic) bond motifs is 1. The highest BCUT2D eigenvalue weighted by atomic mass is 32.1. The number of thiophene rings is 1. The summed E-state index contributed by atoms with van der Waals surface area (Å²) >= 11 is 1.28. The molecule has 3 aromatic rings. The topological polar surface area (TPSA) is 64.3 Å². The minimum Gasteiger partial charge on any atom is -0.489 e. The molecule has 0 saturated heterocycles. The predicted octanol–water partition coefficient (Wildman–Crippen LogP) is 4.09. The van der Waals surface area contributed by atoms with E-state index in [2.05, 4.69) is 5.32 Å². The number of amides is 1. The molecule has 1 atom stereocenters. The Kier molecular flexibility index (Phi) is 5.85. The van der Waals surface area contributed by atoms with Crippen molar-refractivity contribution in [3.8, 4) is 5.75 Å². The van der Waals surface area contributed by atoms with E-state index in [4.69, 9.17) is 10.5 Å². The monoisotopic (exact) mass is 372 g/mol. The Labute approximate surface area is 155 Å². The van der Waals surface area contributed by atoms with Crippen LogP contribution in [0, 0.1) is 5.82 Å². The fourth-order valence-corrected chi connectivity index (χ4v) is 3.79. The summed E-state index contributed by atoms with van der Waals surface area (Å²) < 4.78 is 20.9. The third kappa shape index (κ3) is 4.20. The maximum atomic E-state index is 14.4. The maximum Gasteiger partial charge on any atom is 0.261 e. The van der Waals surface area contributed by atoms with Gasteiger partial charge in [0, 0.05) is 28.2 Å². The zero-order chi connectivity index (χ0) is 18.5. The smallest absolute Gasteiger partial charge is 0.261 e. The molecule has 1 amide bonds. The number of benzene rings is 2. The average molecular weight is 372 g/mol. The van der Waals surface area contributed by atoms with Gasteiger partial charge in [0.05, 0.1) is 4.88 Å². The molecular formula is C20H21FN2O2S. The second kappa shape index (κ2) is 8.29. The van der Waals surface area contributed by atoms with Crippen molar-refractivity contribution in [1.82, 2.24) is 5.32 Å². The van der Waals surface area contributed by atoms with Gasteiger partial charge in [0.2, 0.25) is 0 Å². The molecule has 0 bridgehead atoms. The van der Waals surface area contributed by atoms with Crippen molar-refractivity contribution in [1.29, 1.82) is 0 Å². The number of hydrogen-bond donors (Lipinski definition) is 2. The lowest BCUT2D eigenvalue weighted by molar-refractivity contribution is 0.0954. The quantitative estimate of drug-likeness (QED) is 0.657. The molecule has 0 aliphatic rings. The van der Waals surface area contributed by atoms with Crippen LogP contribution in [0.1, 0.15) is 28.6 Å². The van der Waals surface area contributed by atoms with Gasteiger partial charge in [0.15, 0.2) is 0 Å². The summed E-state index contributed by atoms with van der Waals surface area (Å²) in [5, 5.41) is 3.31. The molecule has 6 heteroatoms. The summed E-state index contributed by atoms with van der Waals surface area (Å²) in [6.07, 6.45) is 0.681. The highest BCUT2D eigenvalue weighted by Crippen LogP contribution is 2.34. The molecule has 0 aliphatic heterocycles. The molecule has 1 aromatic heterocycles. The Morgan fingerprint density at radius 2 is 2.00 bits per heavy atom. The van der Waals surface area contributed by atoms with Gasteiger partial charge < -0.3 is 15.8 Å². The first-order valence-corrected chi connectivity index (χ1v) is 9.29. The van der Waals surface area contributed by atoms with Gasteiger partial charge in [0.25, 0.3) is 5.91 Å². The van der Waals surface area contributed by atoms with Gasteiger partial charge in [-0.25, -0.2) is 4.39 Å². The Morgan fingerprint density at radius 1 is 1.23 bits per heavy atom. The van der Waals surface area contributed by atoms with Crippen LogP contribution in [0.25, 0.3) is 10.1 Å². The first kappa shape index (κ1) is 18.4. The van der Waals surface area contributed by atoms with Gasteiger partial charge in [-0.2, -0.15) is 0 Å². The van der Waals surface area contributed by atoms with Crippen molar-refractivity contribution in [2.45, 2.75) is 26.0 Å². The molecule has 1 heterocycles. The lowest BCUT2D eigenvalue weighted by atomic mass is 10.1. The summed E-state index contributed by atoms with van der Waals surface area (Å²) in [7, 11) is 0. The molecule has 0 radical (unpaired) electrons. The molecule has 4 nitrogen and oxygen atoms in total. The minimum absolute atomic E-state index is 0.0102. The molecule has 136 valence electrons. The summed E-state index contributed by atoms with van der Waals surface area (Å²) in [6.45, 7) is 2.49. The van der Waals surface area contributed by atoms with Crippen LogP contribution in [0.3, 0.4) is 0 Å². The molecule has 3 rings (SSSR count). The Hall–Kier alpha value is -2.44. The summed E-state index contributed by atoms with van der Waals surface area (Å²) in [5.41, 5.74) is 6.30. The van der Waals surface area contributed by atoms with Gasteiger partial charge in [-0.15, -0.1) is 11.3 Å². The van der Waals surface area contributed by atoms with Crippen LogP contribution in [-0.2, 0) is 6.61 Å². The van der Waals surface area contributed by atoms with Gasteiger partial charge in [-0.3, -0.25) is 4.79 Å². The molecule has 26 heavy (non-hydrogen) atoms. The number of ether oxygens (including phenoxy) is 1. The largest absolute Gasteiger partial charge is 0.489 e. The number of para-hydroxylation sites is 1. The molecule has 0 fully saturated rings. The van der Waals surface area contributed by atoms with Crippen molar-refractivity contribution >= 4 is 27.3 Å². The van der Waals surface area contributed by atoms with Crippen LogP contribution >= 0.6 is 11.3 Å². The van der Waals surface area contributed by atoms with Crippen molar-refractivity contribution in [3.05, 3.63) is 64.8 Å². The van der Waals surface area contributed by atoms with Gasteiger partial charge in [0.1, 0.15) is 18.2 Å². The van der Waals surface area contributed by atoms with E-state index in [0.29, 0.717) is 34.5 Å². The molecule has 0 saturated carbocycles. The molecule has 0 spiro atoms. The SMILES string of the molecule is CC(N)CCNC(=O)c1sc2cccc(F)c2c1COc1ccccc1. The van der Waals surface area contributed by atoms with Crippen LogP contribution in [0.5, 0.6) is 5.75 Å². The van der Waals surface area contributed by atoms with E-state index in [0.717, 1.165) is 4.70 Å². The van der Waals surface area contributed by atoms with Crippen LogP contribution in [-0.4, -0.2) is 18.5 Å². The summed E-state index contributed by atoms with van der Waals surface area (Å²) in [5.74, 6) is 0.101. The van der Waals surface area contributed by atoms with Gasteiger partial charge >= 0.3 is 0 Å². The number of nitrogens with two attached hydrogens (primary N) is 1. The minimum atomic E-state index is -0.347. The van der Waals surface area contributed by atoms with E-state index in [9.17, 15) is 9.18 Å². The van der Waals surface area contributed by atoms with Crippen molar-refractivity contribution < 1.29 is 13.9 Å². The van der Waals surface area contributed by atoms with Crippen LogP contribution in [0.15, 0.2) is 48.5 Å². The molecule has 0 aliphatic carbocycles. The average Bonchev–Trinajstić information content (AvgIpc) is 3.00. The van der Waals surface area contributed by atoms with Crippen LogP contribution < -0.4 is 15.8 Å². The van der Waals surface area contributed by atoms with E-state index in [1.165, 1.54) is 17.4 Å². The second-order valence-corrected chi connectivity index (χ2v) is 7.20. The van der Waals surface area contributed by atoms with E-state index in [1.54, 1.807) is 6.07 Å². The molecule has 2 aromatic carbocycles. The molecular weight excluding hydrogens is 351 g/mol. The zero-order valence-electron chi connectivity index (χ0n) is 14.5. The standard InChI is InChI=1S/C20H21FN2O2S/c1-13(22)10-11-23-20(24)19-15(12-25-14-6-3-2-4-7-14)18-16(21)8-5-9-17(18)26-19/h2-9,13H,10-12,22H2,1H3,(H,23,24). The zero-order valence-corrected chi connectivity index (χ0v) is 15.3. The number of carbonyl (C=O) groups is 1. The van der Waals surface area contributed by atoms with E-state index >= 15 is 0 Å².